The minimum absolute atomic E-state index is 0.0688. The topological polar surface area (TPSA) is 141 Å². The third-order valence-electron chi connectivity index (χ3n) is 7.97. The van der Waals surface area contributed by atoms with Gasteiger partial charge in [0.1, 0.15) is 5.88 Å². The van der Waals surface area contributed by atoms with E-state index in [0.29, 0.717) is 24.2 Å². The van der Waals surface area contributed by atoms with E-state index in [9.17, 15) is 16.8 Å². The van der Waals surface area contributed by atoms with Gasteiger partial charge >= 0.3 is 0 Å². The minimum atomic E-state index is -4.17. The zero-order valence-electron chi connectivity index (χ0n) is 22.2. The molecule has 0 fully saturated rings. The van der Waals surface area contributed by atoms with Crippen molar-refractivity contribution in [2.45, 2.75) is 50.4 Å². The highest BCUT2D eigenvalue weighted by molar-refractivity contribution is 7.94. The number of hydrogen-bond acceptors (Lipinski definition) is 6. The van der Waals surface area contributed by atoms with Crippen LogP contribution < -0.4 is 9.03 Å². The molecule has 2 aliphatic carbocycles. The molecule has 10 nitrogen and oxygen atoms in total. The molecule has 40 heavy (non-hydrogen) atoms. The molecule has 2 unspecified atom stereocenters. The number of hydrogen-bond donors (Lipinski definition) is 3. The summed E-state index contributed by atoms with van der Waals surface area (Å²) in [5.41, 5.74) is 7.14. The lowest BCUT2D eigenvalue weighted by Crippen LogP contribution is -2.38. The molecule has 0 amide bonds. The molecule has 0 radical (unpaired) electrons. The Morgan fingerprint density at radius 1 is 0.825 bits per heavy atom. The maximum absolute atomic E-state index is 14.1. The summed E-state index contributed by atoms with van der Waals surface area (Å²) >= 11 is 0. The number of nitrogens with one attached hydrogen (secondary N) is 3. The number of benzene rings is 2. The Morgan fingerprint density at radius 2 is 1.32 bits per heavy atom. The van der Waals surface area contributed by atoms with E-state index in [1.165, 1.54) is 4.31 Å². The number of H-pyrrole nitrogens is 2. The predicted molar refractivity (Wildman–Crippen MR) is 154 cm³/mol. The number of nitrogens with zero attached hydrogens (tertiary/aromatic N) is 3. The van der Waals surface area contributed by atoms with E-state index in [4.69, 9.17) is 0 Å². The van der Waals surface area contributed by atoms with Crippen molar-refractivity contribution in [1.82, 2.24) is 24.7 Å². The second-order valence-corrected chi connectivity index (χ2v) is 14.2. The smallest absolute Gasteiger partial charge is 0.253 e. The molecule has 6 rings (SSSR count). The Balaban J connectivity index is 1.53. The molecular formula is C28H32N6O4S2. The minimum Gasteiger partial charge on any atom is -0.348 e. The van der Waals surface area contributed by atoms with Crippen molar-refractivity contribution in [2.75, 3.05) is 16.4 Å². The van der Waals surface area contributed by atoms with E-state index < -0.39 is 25.9 Å². The van der Waals surface area contributed by atoms with Crippen molar-refractivity contribution in [3.63, 3.8) is 0 Å². The fraction of sp³-hybridized carbons (Fsp3) is 0.357. The van der Waals surface area contributed by atoms with Crippen LogP contribution in [0.1, 0.15) is 71.2 Å². The maximum Gasteiger partial charge on any atom is 0.253 e. The van der Waals surface area contributed by atoms with Gasteiger partial charge in [0.2, 0.25) is 10.0 Å². The van der Waals surface area contributed by atoms with Gasteiger partial charge in [-0.15, -0.1) is 0 Å². The lowest BCUT2D eigenvalue weighted by molar-refractivity contribution is 0.578. The molecule has 0 aliphatic heterocycles. The number of imidazole rings is 2. The van der Waals surface area contributed by atoms with Gasteiger partial charge in [-0.25, -0.2) is 31.1 Å². The summed E-state index contributed by atoms with van der Waals surface area (Å²) in [6, 6.07) is 11.5. The number of anilines is 2. The van der Waals surface area contributed by atoms with Gasteiger partial charge < -0.3 is 9.97 Å². The first-order valence-electron chi connectivity index (χ1n) is 13.4. The highest BCUT2D eigenvalue weighted by Gasteiger charge is 2.35. The Kier molecular flexibility index (Phi) is 7.01. The Labute approximate surface area is 234 Å². The largest absolute Gasteiger partial charge is 0.348 e. The zero-order valence-corrected chi connectivity index (χ0v) is 23.8. The van der Waals surface area contributed by atoms with E-state index in [0.717, 1.165) is 65.6 Å². The Morgan fingerprint density at radius 3 is 1.75 bits per heavy atom. The van der Waals surface area contributed by atoms with Gasteiger partial charge in [-0.2, -0.15) is 4.72 Å². The molecule has 0 spiro atoms. The van der Waals surface area contributed by atoms with Crippen LogP contribution in [0, 0.1) is 0 Å². The summed E-state index contributed by atoms with van der Waals surface area (Å²) < 4.78 is 55.8. The van der Waals surface area contributed by atoms with E-state index in [1.807, 2.05) is 36.7 Å². The average molecular weight is 581 g/mol. The fourth-order valence-corrected chi connectivity index (χ4v) is 8.80. The molecule has 2 aromatic carbocycles. The number of fused-ring (bicyclic) bond motifs is 2. The molecule has 0 saturated carbocycles. The molecule has 2 aliphatic rings. The third kappa shape index (κ3) is 5.06. The van der Waals surface area contributed by atoms with Crippen molar-refractivity contribution in [3.8, 4) is 0 Å². The van der Waals surface area contributed by atoms with Crippen molar-refractivity contribution in [1.29, 1.82) is 0 Å². The number of aromatic amines is 2. The fourth-order valence-electron chi connectivity index (χ4n) is 6.28. The predicted octanol–water partition coefficient (Wildman–Crippen LogP) is 4.04. The molecule has 2 aromatic heterocycles. The summed E-state index contributed by atoms with van der Waals surface area (Å²) in [5, 5.41) is 0. The Bertz CT molecular complexity index is 1620. The first-order valence-corrected chi connectivity index (χ1v) is 16.9. The van der Waals surface area contributed by atoms with E-state index in [1.54, 1.807) is 12.7 Å². The van der Waals surface area contributed by atoms with Crippen LogP contribution in [-0.2, 0) is 32.9 Å². The lowest BCUT2D eigenvalue weighted by Gasteiger charge is -2.35. The van der Waals surface area contributed by atoms with Gasteiger partial charge in [-0.3, -0.25) is 0 Å². The molecule has 3 N–H and O–H groups in total. The number of sulfonamides is 2. The van der Waals surface area contributed by atoms with Crippen molar-refractivity contribution in [3.05, 3.63) is 95.1 Å². The summed E-state index contributed by atoms with van der Waals surface area (Å²) in [6.45, 7) is 0. The molecule has 0 bridgehead atoms. The maximum atomic E-state index is 14.1. The quantitative estimate of drug-likeness (QED) is 0.287. The number of rotatable bonds is 8. The molecular weight excluding hydrogens is 548 g/mol. The van der Waals surface area contributed by atoms with E-state index in [2.05, 4.69) is 36.8 Å². The molecule has 2 heterocycles. The SMILES string of the molecule is CS(=O)(=O)NCS(=O)(=O)N(c1cccc2c1CCCC2c1cnc[nH]1)c1cccc2c1CCCC2c1cnc[nH]1. The summed E-state index contributed by atoms with van der Waals surface area (Å²) in [5.74, 6) is -0.605. The normalized spacial score (nSPS) is 19.1. The highest BCUT2D eigenvalue weighted by Crippen LogP contribution is 2.46. The van der Waals surface area contributed by atoms with Crippen LogP contribution in [0.2, 0.25) is 0 Å². The van der Waals surface area contributed by atoms with Crippen LogP contribution in [-0.4, -0.2) is 48.9 Å². The van der Waals surface area contributed by atoms with Crippen LogP contribution in [0.5, 0.6) is 0 Å². The molecule has 12 heteroatoms. The van der Waals surface area contributed by atoms with Crippen LogP contribution in [0.4, 0.5) is 11.4 Å². The van der Waals surface area contributed by atoms with E-state index in [-0.39, 0.29) is 11.8 Å². The highest BCUT2D eigenvalue weighted by atomic mass is 32.2. The summed E-state index contributed by atoms with van der Waals surface area (Å²) in [4.78, 5) is 14.9. The van der Waals surface area contributed by atoms with Gasteiger partial charge in [0.25, 0.3) is 10.0 Å². The third-order valence-corrected chi connectivity index (χ3v) is 10.3. The second-order valence-electron chi connectivity index (χ2n) is 10.5. The molecule has 2 atom stereocenters. The number of aromatic nitrogens is 4. The monoisotopic (exact) mass is 580 g/mol. The van der Waals surface area contributed by atoms with Crippen molar-refractivity contribution >= 4 is 31.4 Å². The van der Waals surface area contributed by atoms with E-state index >= 15 is 0 Å². The van der Waals surface area contributed by atoms with Gasteiger partial charge in [-0.1, -0.05) is 24.3 Å². The van der Waals surface area contributed by atoms with Gasteiger partial charge in [0, 0.05) is 35.6 Å². The first kappa shape index (κ1) is 26.7. The average Bonchev–Trinajstić information content (AvgIpc) is 3.67. The summed E-state index contributed by atoms with van der Waals surface area (Å²) in [6.07, 6.45) is 13.0. The zero-order chi connectivity index (χ0) is 27.9. The second kappa shape index (κ2) is 10.5. The standard InChI is InChI=1S/C28H32N6O4S2/c1-39(35,36)33-18-40(37,38)34(27-12-4-6-19-21(8-2-10-23(19)27)25-14-29-16-31-25)28-13-5-7-20-22(9-3-11-24(20)28)26-15-30-17-32-26/h4-7,12-17,21-22,33H,2-3,8-11,18H2,1H3,(H,29,31)(H,30,32). The van der Waals surface area contributed by atoms with Gasteiger partial charge in [0.15, 0.2) is 0 Å². The van der Waals surface area contributed by atoms with Crippen LogP contribution >= 0.6 is 0 Å². The summed E-state index contributed by atoms with van der Waals surface area (Å²) in [7, 11) is -7.91. The Hall–Kier alpha value is -3.48. The van der Waals surface area contributed by atoms with Gasteiger partial charge in [-0.05, 0) is 72.9 Å². The van der Waals surface area contributed by atoms with Crippen LogP contribution in [0.15, 0.2) is 61.4 Å². The molecule has 4 aromatic rings. The molecule has 210 valence electrons. The lowest BCUT2D eigenvalue weighted by atomic mass is 9.79. The van der Waals surface area contributed by atoms with Crippen molar-refractivity contribution < 1.29 is 16.8 Å². The van der Waals surface area contributed by atoms with Crippen LogP contribution in [0.3, 0.4) is 0 Å². The molecule has 0 saturated heterocycles. The first-order chi connectivity index (χ1) is 19.2. The van der Waals surface area contributed by atoms with Gasteiger partial charge in [0.05, 0.1) is 30.3 Å². The van der Waals surface area contributed by atoms with Crippen LogP contribution in [0.25, 0.3) is 0 Å². The van der Waals surface area contributed by atoms with Crippen molar-refractivity contribution in [2.24, 2.45) is 0 Å².